The first kappa shape index (κ1) is 18.0. The SMILES string of the molecule is COc1ccc(C(=O)N[C@H](c2ccccc2)c2cccc(C)c2)cc1Cl. The number of hydrogen-bond acceptors (Lipinski definition) is 2. The molecule has 0 fully saturated rings. The molecular weight excluding hydrogens is 346 g/mol. The van der Waals surface area contributed by atoms with Crippen LogP contribution in [0.1, 0.15) is 33.1 Å². The number of carbonyl (C=O) groups is 1. The zero-order valence-electron chi connectivity index (χ0n) is 14.7. The topological polar surface area (TPSA) is 38.3 Å². The summed E-state index contributed by atoms with van der Waals surface area (Å²) in [4.78, 5) is 12.8. The van der Waals surface area contributed by atoms with Gasteiger partial charge >= 0.3 is 0 Å². The minimum Gasteiger partial charge on any atom is -0.495 e. The average Bonchev–Trinajstić information content (AvgIpc) is 2.66. The van der Waals surface area contributed by atoms with E-state index in [9.17, 15) is 4.79 Å². The summed E-state index contributed by atoms with van der Waals surface area (Å²) in [6, 6.07) is 22.8. The highest BCUT2D eigenvalue weighted by Crippen LogP contribution is 2.27. The molecule has 0 bridgehead atoms. The Bertz CT molecular complexity index is 909. The molecule has 0 spiro atoms. The quantitative estimate of drug-likeness (QED) is 0.676. The smallest absolute Gasteiger partial charge is 0.252 e. The van der Waals surface area contributed by atoms with Crippen LogP contribution in [0.4, 0.5) is 0 Å². The molecule has 0 aliphatic heterocycles. The first-order chi connectivity index (χ1) is 12.6. The van der Waals surface area contributed by atoms with Crippen LogP contribution >= 0.6 is 11.6 Å². The lowest BCUT2D eigenvalue weighted by molar-refractivity contribution is 0.0943. The summed E-state index contributed by atoms with van der Waals surface area (Å²) in [5.41, 5.74) is 3.68. The Balaban J connectivity index is 1.93. The fraction of sp³-hybridized carbons (Fsp3) is 0.136. The van der Waals surface area contributed by atoms with Crippen LogP contribution in [0.2, 0.25) is 5.02 Å². The number of methoxy groups -OCH3 is 1. The van der Waals surface area contributed by atoms with Crippen LogP contribution in [0, 0.1) is 6.92 Å². The van der Waals surface area contributed by atoms with E-state index < -0.39 is 0 Å². The van der Waals surface area contributed by atoms with Crippen LogP contribution in [0.5, 0.6) is 5.75 Å². The zero-order valence-corrected chi connectivity index (χ0v) is 15.5. The largest absolute Gasteiger partial charge is 0.495 e. The summed E-state index contributed by atoms with van der Waals surface area (Å²) in [5, 5.41) is 3.53. The highest BCUT2D eigenvalue weighted by molar-refractivity contribution is 6.32. The lowest BCUT2D eigenvalue weighted by atomic mass is 9.97. The van der Waals surface area contributed by atoms with E-state index in [0.717, 1.165) is 16.7 Å². The molecule has 0 aliphatic rings. The molecule has 0 heterocycles. The van der Waals surface area contributed by atoms with Crippen molar-refractivity contribution in [2.24, 2.45) is 0 Å². The van der Waals surface area contributed by atoms with Gasteiger partial charge in [-0.15, -0.1) is 0 Å². The first-order valence-corrected chi connectivity index (χ1v) is 8.72. The van der Waals surface area contributed by atoms with Crippen LogP contribution in [-0.4, -0.2) is 13.0 Å². The number of hydrogen-bond donors (Lipinski definition) is 1. The van der Waals surface area contributed by atoms with Gasteiger partial charge in [-0.25, -0.2) is 0 Å². The van der Waals surface area contributed by atoms with Gasteiger partial charge in [0.15, 0.2) is 0 Å². The van der Waals surface area contributed by atoms with Crippen LogP contribution < -0.4 is 10.1 Å². The van der Waals surface area contributed by atoms with Gasteiger partial charge in [0, 0.05) is 5.56 Å². The molecular formula is C22H20ClNO2. The number of rotatable bonds is 5. The van der Waals surface area contributed by atoms with Gasteiger partial charge in [0.1, 0.15) is 5.75 Å². The van der Waals surface area contributed by atoms with Crippen molar-refractivity contribution in [3.63, 3.8) is 0 Å². The summed E-state index contributed by atoms with van der Waals surface area (Å²) in [6.07, 6.45) is 0. The van der Waals surface area contributed by atoms with Crippen molar-refractivity contribution in [2.75, 3.05) is 7.11 Å². The predicted octanol–water partition coefficient (Wildman–Crippen LogP) is 5.18. The Labute approximate surface area is 158 Å². The number of ether oxygens (including phenoxy) is 1. The van der Waals surface area contributed by atoms with Gasteiger partial charge in [0.2, 0.25) is 0 Å². The molecule has 3 rings (SSSR count). The molecule has 26 heavy (non-hydrogen) atoms. The number of halogens is 1. The van der Waals surface area contributed by atoms with Crippen LogP contribution in [0.15, 0.2) is 72.8 Å². The molecule has 1 atom stereocenters. The number of amides is 1. The van der Waals surface area contributed by atoms with Gasteiger partial charge in [-0.2, -0.15) is 0 Å². The molecule has 0 aliphatic carbocycles. The van der Waals surface area contributed by atoms with E-state index in [2.05, 4.69) is 11.4 Å². The lowest BCUT2D eigenvalue weighted by Gasteiger charge is -2.20. The molecule has 4 heteroatoms. The number of carbonyl (C=O) groups excluding carboxylic acids is 1. The van der Waals surface area contributed by atoms with E-state index in [0.29, 0.717) is 16.3 Å². The Morgan fingerprint density at radius 3 is 2.35 bits per heavy atom. The Morgan fingerprint density at radius 2 is 1.69 bits per heavy atom. The van der Waals surface area contributed by atoms with E-state index >= 15 is 0 Å². The molecule has 0 unspecified atom stereocenters. The van der Waals surface area contributed by atoms with Gasteiger partial charge in [0.05, 0.1) is 18.2 Å². The van der Waals surface area contributed by atoms with Crippen molar-refractivity contribution in [3.05, 3.63) is 100 Å². The Morgan fingerprint density at radius 1 is 0.962 bits per heavy atom. The maximum atomic E-state index is 12.8. The van der Waals surface area contributed by atoms with Crippen molar-refractivity contribution in [2.45, 2.75) is 13.0 Å². The standard InChI is InChI=1S/C22H20ClNO2/c1-15-7-6-10-17(13-15)21(16-8-4-3-5-9-16)24-22(25)18-11-12-20(26-2)19(23)14-18/h3-14,21H,1-2H3,(H,24,25)/t21-/m1/s1. The van der Waals surface area contributed by atoms with Crippen molar-refractivity contribution in [1.82, 2.24) is 5.32 Å². The fourth-order valence-electron chi connectivity index (χ4n) is 2.88. The summed E-state index contributed by atoms with van der Waals surface area (Å²) in [7, 11) is 1.55. The van der Waals surface area contributed by atoms with Crippen molar-refractivity contribution in [1.29, 1.82) is 0 Å². The molecule has 3 aromatic carbocycles. The second-order valence-corrected chi connectivity index (χ2v) is 6.49. The summed E-state index contributed by atoms with van der Waals surface area (Å²) in [5.74, 6) is 0.353. The fourth-order valence-corrected chi connectivity index (χ4v) is 3.13. The minimum absolute atomic E-state index is 0.190. The molecule has 0 saturated carbocycles. The zero-order chi connectivity index (χ0) is 18.5. The third kappa shape index (κ3) is 4.06. The van der Waals surface area contributed by atoms with Crippen LogP contribution in [-0.2, 0) is 0 Å². The molecule has 0 saturated heterocycles. The van der Waals surface area contributed by atoms with Crippen LogP contribution in [0.25, 0.3) is 0 Å². The van der Waals surface area contributed by atoms with Gasteiger partial charge < -0.3 is 10.1 Å². The monoisotopic (exact) mass is 365 g/mol. The average molecular weight is 366 g/mol. The Kier molecular flexibility index (Phi) is 5.59. The van der Waals surface area contributed by atoms with Crippen molar-refractivity contribution in [3.8, 4) is 5.75 Å². The van der Waals surface area contributed by atoms with Gasteiger partial charge in [-0.1, -0.05) is 71.8 Å². The molecule has 0 aromatic heterocycles. The van der Waals surface area contributed by atoms with Crippen molar-refractivity contribution < 1.29 is 9.53 Å². The lowest BCUT2D eigenvalue weighted by Crippen LogP contribution is -2.29. The number of nitrogens with one attached hydrogen (secondary N) is 1. The maximum Gasteiger partial charge on any atom is 0.252 e. The van der Waals surface area contributed by atoms with Crippen molar-refractivity contribution >= 4 is 17.5 Å². The highest BCUT2D eigenvalue weighted by Gasteiger charge is 2.18. The molecule has 3 aromatic rings. The highest BCUT2D eigenvalue weighted by atomic mass is 35.5. The normalized spacial score (nSPS) is 11.7. The molecule has 3 nitrogen and oxygen atoms in total. The third-order valence-electron chi connectivity index (χ3n) is 4.20. The number of aryl methyl sites for hydroxylation is 1. The van der Waals surface area contributed by atoms with E-state index in [4.69, 9.17) is 16.3 Å². The predicted molar refractivity (Wildman–Crippen MR) is 105 cm³/mol. The molecule has 1 amide bonds. The van der Waals surface area contributed by atoms with E-state index in [1.54, 1.807) is 25.3 Å². The minimum atomic E-state index is -0.246. The van der Waals surface area contributed by atoms with E-state index in [-0.39, 0.29) is 11.9 Å². The van der Waals surface area contributed by atoms with Gasteiger partial charge in [0.25, 0.3) is 5.91 Å². The second-order valence-electron chi connectivity index (χ2n) is 6.08. The summed E-state index contributed by atoms with van der Waals surface area (Å²) >= 11 is 6.16. The first-order valence-electron chi connectivity index (χ1n) is 8.34. The molecule has 1 N–H and O–H groups in total. The molecule has 132 valence electrons. The van der Waals surface area contributed by atoms with Crippen LogP contribution in [0.3, 0.4) is 0 Å². The Hall–Kier alpha value is -2.78. The number of benzene rings is 3. The van der Waals surface area contributed by atoms with Gasteiger partial charge in [-0.3, -0.25) is 4.79 Å². The molecule has 0 radical (unpaired) electrons. The maximum absolute atomic E-state index is 12.8. The second kappa shape index (κ2) is 8.07. The van der Waals surface area contributed by atoms with E-state index in [1.807, 2.05) is 55.5 Å². The van der Waals surface area contributed by atoms with E-state index in [1.165, 1.54) is 0 Å². The summed E-state index contributed by atoms with van der Waals surface area (Å²) < 4.78 is 5.15. The van der Waals surface area contributed by atoms with Gasteiger partial charge in [-0.05, 0) is 36.2 Å². The summed E-state index contributed by atoms with van der Waals surface area (Å²) in [6.45, 7) is 2.04. The third-order valence-corrected chi connectivity index (χ3v) is 4.49.